The summed E-state index contributed by atoms with van der Waals surface area (Å²) >= 11 is 0. The van der Waals surface area contributed by atoms with Crippen LogP contribution < -0.4 is 0 Å². The van der Waals surface area contributed by atoms with Crippen LogP contribution in [-0.4, -0.2) is 41.2 Å². The maximum Gasteiger partial charge on any atom is 0.416 e. The molecule has 7 heteroatoms. The van der Waals surface area contributed by atoms with E-state index in [4.69, 9.17) is 6.42 Å². The van der Waals surface area contributed by atoms with E-state index in [2.05, 4.69) is 12.5 Å². The van der Waals surface area contributed by atoms with E-state index in [1.165, 1.54) is 21.9 Å². The largest absolute Gasteiger partial charge is 0.416 e. The Labute approximate surface area is 156 Å². The van der Waals surface area contributed by atoms with Gasteiger partial charge in [-0.2, -0.15) is 13.2 Å². The van der Waals surface area contributed by atoms with Crippen molar-refractivity contribution in [3.05, 3.63) is 48.0 Å². The Morgan fingerprint density at radius 2 is 2.19 bits per heavy atom. The topological polar surface area (TPSA) is 40.6 Å². The summed E-state index contributed by atoms with van der Waals surface area (Å²) in [6.07, 6.45) is 2.99. The Morgan fingerprint density at radius 3 is 2.81 bits per heavy atom. The Kier molecular flexibility index (Phi) is 6.67. The van der Waals surface area contributed by atoms with Gasteiger partial charge in [-0.25, -0.2) is 0 Å². The number of carbonyl (C=O) groups is 2. The van der Waals surface area contributed by atoms with Crippen LogP contribution in [0, 0.1) is 18.3 Å². The monoisotopic (exact) mass is 378 g/mol. The molecule has 27 heavy (non-hydrogen) atoms. The van der Waals surface area contributed by atoms with E-state index in [9.17, 15) is 22.8 Å². The molecule has 0 saturated carbocycles. The number of hydrogen-bond donors (Lipinski definition) is 0. The van der Waals surface area contributed by atoms with E-state index in [0.29, 0.717) is 18.5 Å². The number of benzene rings is 1. The number of amides is 2. The molecule has 2 rings (SSSR count). The van der Waals surface area contributed by atoms with Crippen molar-refractivity contribution in [2.24, 2.45) is 5.92 Å². The van der Waals surface area contributed by atoms with Gasteiger partial charge >= 0.3 is 6.18 Å². The van der Waals surface area contributed by atoms with E-state index >= 15 is 0 Å². The van der Waals surface area contributed by atoms with Gasteiger partial charge in [0.1, 0.15) is 0 Å². The molecule has 4 nitrogen and oxygen atoms in total. The first kappa shape index (κ1) is 20.6. The second kappa shape index (κ2) is 8.76. The number of carbonyl (C=O) groups excluding carboxylic acids is 2. The summed E-state index contributed by atoms with van der Waals surface area (Å²) in [6.45, 7) is 4.24. The van der Waals surface area contributed by atoms with Gasteiger partial charge in [-0.15, -0.1) is 13.0 Å². The van der Waals surface area contributed by atoms with Gasteiger partial charge in [-0.3, -0.25) is 9.59 Å². The standard InChI is InChI=1S/C20H21F3N2O2/c1-3-10-24(11-4-2)19(27)16-8-9-18(26)25(14-16)13-15-6-5-7-17(12-15)20(21,22)23/h1,4-7,12,16H,2,8-11,13-14H2. The molecule has 1 aliphatic rings. The van der Waals surface area contributed by atoms with Crippen LogP contribution in [0.2, 0.25) is 0 Å². The molecular weight excluding hydrogens is 357 g/mol. The SMILES string of the molecule is C#CCN(CC=C)C(=O)C1CCC(=O)N(Cc2cccc(C(F)(F)F)c2)C1. The minimum atomic E-state index is -4.44. The Bertz CT molecular complexity index is 752. The van der Waals surface area contributed by atoms with Crippen molar-refractivity contribution in [1.82, 2.24) is 9.80 Å². The highest BCUT2D eigenvalue weighted by Crippen LogP contribution is 2.30. The lowest BCUT2D eigenvalue weighted by Gasteiger charge is -2.34. The predicted octanol–water partition coefficient (Wildman–Crippen LogP) is 3.09. The molecule has 0 spiro atoms. The number of halogens is 3. The van der Waals surface area contributed by atoms with Crippen LogP contribution in [0.5, 0.6) is 0 Å². The van der Waals surface area contributed by atoms with Gasteiger partial charge in [-0.05, 0) is 24.1 Å². The van der Waals surface area contributed by atoms with E-state index < -0.39 is 17.7 Å². The molecule has 1 fully saturated rings. The maximum absolute atomic E-state index is 12.9. The molecule has 0 N–H and O–H groups in total. The first-order valence-corrected chi connectivity index (χ1v) is 8.53. The van der Waals surface area contributed by atoms with Crippen LogP contribution in [0.3, 0.4) is 0 Å². The third-order valence-corrected chi connectivity index (χ3v) is 4.42. The fraction of sp³-hybridized carbons (Fsp3) is 0.400. The van der Waals surface area contributed by atoms with Crippen LogP contribution in [0.1, 0.15) is 24.0 Å². The van der Waals surface area contributed by atoms with Crippen LogP contribution in [0.25, 0.3) is 0 Å². The zero-order valence-corrected chi connectivity index (χ0v) is 14.8. The summed E-state index contributed by atoms with van der Waals surface area (Å²) in [5.74, 6) is 1.65. The molecule has 1 aliphatic heterocycles. The fourth-order valence-corrected chi connectivity index (χ4v) is 3.09. The number of nitrogens with zero attached hydrogens (tertiary/aromatic N) is 2. The third-order valence-electron chi connectivity index (χ3n) is 4.42. The number of hydrogen-bond acceptors (Lipinski definition) is 2. The van der Waals surface area contributed by atoms with Gasteiger partial charge in [0.15, 0.2) is 0 Å². The van der Waals surface area contributed by atoms with E-state index in [1.54, 1.807) is 6.08 Å². The molecule has 1 aromatic carbocycles. The van der Waals surface area contributed by atoms with Gasteiger partial charge in [-0.1, -0.05) is 24.1 Å². The zero-order chi connectivity index (χ0) is 20.0. The zero-order valence-electron chi connectivity index (χ0n) is 14.8. The van der Waals surface area contributed by atoms with Crippen molar-refractivity contribution in [2.75, 3.05) is 19.6 Å². The van der Waals surface area contributed by atoms with Gasteiger partial charge in [0, 0.05) is 26.1 Å². The normalized spacial score (nSPS) is 17.3. The van der Waals surface area contributed by atoms with Gasteiger partial charge in [0.2, 0.25) is 11.8 Å². The molecule has 1 aromatic rings. The van der Waals surface area contributed by atoms with Crippen molar-refractivity contribution >= 4 is 11.8 Å². The van der Waals surface area contributed by atoms with Crippen molar-refractivity contribution < 1.29 is 22.8 Å². The summed E-state index contributed by atoms with van der Waals surface area (Å²) in [7, 11) is 0. The van der Waals surface area contributed by atoms with Gasteiger partial charge < -0.3 is 9.80 Å². The lowest BCUT2D eigenvalue weighted by atomic mass is 9.95. The summed E-state index contributed by atoms with van der Waals surface area (Å²) in [6, 6.07) is 4.87. The van der Waals surface area contributed by atoms with Gasteiger partial charge in [0.05, 0.1) is 18.0 Å². The summed E-state index contributed by atoms with van der Waals surface area (Å²) in [4.78, 5) is 27.8. The van der Waals surface area contributed by atoms with Crippen LogP contribution >= 0.6 is 0 Å². The summed E-state index contributed by atoms with van der Waals surface area (Å²) in [5, 5.41) is 0. The number of terminal acetylenes is 1. The molecule has 1 atom stereocenters. The molecular formula is C20H21F3N2O2. The predicted molar refractivity (Wildman–Crippen MR) is 95.2 cm³/mol. The number of piperidine rings is 1. The molecule has 144 valence electrons. The number of alkyl halides is 3. The average Bonchev–Trinajstić information content (AvgIpc) is 2.62. The molecule has 1 unspecified atom stereocenters. The molecule has 0 aromatic heterocycles. The highest BCUT2D eigenvalue weighted by molar-refractivity contribution is 5.84. The number of likely N-dealkylation sites (tertiary alicyclic amines) is 1. The first-order valence-electron chi connectivity index (χ1n) is 8.53. The van der Waals surface area contributed by atoms with Crippen molar-refractivity contribution in [1.29, 1.82) is 0 Å². The average molecular weight is 378 g/mol. The molecule has 0 radical (unpaired) electrons. The van der Waals surface area contributed by atoms with Crippen molar-refractivity contribution in [3.8, 4) is 12.3 Å². The van der Waals surface area contributed by atoms with E-state index in [0.717, 1.165) is 12.1 Å². The molecule has 1 saturated heterocycles. The molecule has 1 heterocycles. The molecule has 0 aliphatic carbocycles. The lowest BCUT2D eigenvalue weighted by molar-refractivity contribution is -0.142. The van der Waals surface area contributed by atoms with E-state index in [1.807, 2.05) is 0 Å². The quantitative estimate of drug-likeness (QED) is 0.564. The third kappa shape index (κ3) is 5.36. The Balaban J connectivity index is 2.11. The van der Waals surface area contributed by atoms with Crippen molar-refractivity contribution in [2.45, 2.75) is 25.6 Å². The second-order valence-corrected chi connectivity index (χ2v) is 6.42. The fourth-order valence-electron chi connectivity index (χ4n) is 3.09. The van der Waals surface area contributed by atoms with Crippen molar-refractivity contribution in [3.63, 3.8) is 0 Å². The van der Waals surface area contributed by atoms with E-state index in [-0.39, 0.29) is 37.9 Å². The van der Waals surface area contributed by atoms with Crippen LogP contribution in [-0.2, 0) is 22.3 Å². The molecule has 2 amide bonds. The highest BCUT2D eigenvalue weighted by Gasteiger charge is 2.33. The summed E-state index contributed by atoms with van der Waals surface area (Å²) in [5.41, 5.74) is -0.388. The number of rotatable bonds is 6. The van der Waals surface area contributed by atoms with Gasteiger partial charge in [0.25, 0.3) is 0 Å². The second-order valence-electron chi connectivity index (χ2n) is 6.42. The summed E-state index contributed by atoms with van der Waals surface area (Å²) < 4.78 is 38.6. The van der Waals surface area contributed by atoms with Crippen LogP contribution in [0.15, 0.2) is 36.9 Å². The minimum Gasteiger partial charge on any atom is -0.338 e. The Morgan fingerprint density at radius 1 is 1.44 bits per heavy atom. The smallest absolute Gasteiger partial charge is 0.338 e. The highest BCUT2D eigenvalue weighted by atomic mass is 19.4. The molecule has 0 bridgehead atoms. The first-order chi connectivity index (χ1) is 12.8. The lowest BCUT2D eigenvalue weighted by Crippen LogP contribution is -2.46. The maximum atomic E-state index is 12.9. The Hall–Kier alpha value is -2.75. The minimum absolute atomic E-state index is 0.0309. The van der Waals surface area contributed by atoms with Crippen LogP contribution in [0.4, 0.5) is 13.2 Å².